The molecule has 3 aliphatic rings. The van der Waals surface area contributed by atoms with Gasteiger partial charge in [-0.3, -0.25) is 4.90 Å². The molecule has 3 nitrogen and oxygen atoms in total. The molecule has 0 saturated carbocycles. The summed E-state index contributed by atoms with van der Waals surface area (Å²) in [6.07, 6.45) is 1.94. The highest BCUT2D eigenvalue weighted by Crippen LogP contribution is 2.47. The second kappa shape index (κ2) is 0.827. The van der Waals surface area contributed by atoms with E-state index in [1.165, 1.54) is 0 Å². The summed E-state index contributed by atoms with van der Waals surface area (Å²) < 4.78 is 5.02. The second-order valence-corrected chi connectivity index (χ2v) is 2.76. The van der Waals surface area contributed by atoms with Crippen LogP contribution >= 0.6 is 0 Å². The molecule has 0 radical (unpaired) electrons. The van der Waals surface area contributed by atoms with Gasteiger partial charge < -0.3 is 4.74 Å². The lowest BCUT2D eigenvalue weighted by molar-refractivity contribution is -0.145. The minimum Gasteiger partial charge on any atom is -0.435 e. The zero-order valence-electron chi connectivity index (χ0n) is 4.76. The largest absolute Gasteiger partial charge is 0.435 e. The third-order valence-corrected chi connectivity index (χ3v) is 2.14. The number of carbonyl (C=O) groups is 1. The van der Waals surface area contributed by atoms with E-state index < -0.39 is 0 Å². The first-order chi connectivity index (χ1) is 4.30. The Morgan fingerprint density at radius 2 is 2.67 bits per heavy atom. The van der Waals surface area contributed by atoms with Gasteiger partial charge in [-0.2, -0.15) is 0 Å². The summed E-state index contributed by atoms with van der Waals surface area (Å²) >= 11 is 0. The topological polar surface area (TPSA) is 29.3 Å². The molecule has 0 aliphatic carbocycles. The molecule has 1 fully saturated rings. The first kappa shape index (κ1) is 4.06. The van der Waals surface area contributed by atoms with Crippen LogP contribution in [0.3, 0.4) is 0 Å². The molecule has 3 heterocycles. The molecule has 1 saturated heterocycles. The third-order valence-electron chi connectivity index (χ3n) is 2.14. The lowest BCUT2D eigenvalue weighted by Crippen LogP contribution is -2.23. The quantitative estimate of drug-likeness (QED) is 0.321. The Kier molecular flexibility index (Phi) is 0.373. The molecule has 0 N–H and O–H groups in total. The average molecular weight is 123 g/mol. The van der Waals surface area contributed by atoms with Gasteiger partial charge in [0, 0.05) is 6.54 Å². The Morgan fingerprint density at radius 1 is 1.78 bits per heavy atom. The van der Waals surface area contributed by atoms with Crippen molar-refractivity contribution in [1.29, 1.82) is 0 Å². The zero-order valence-corrected chi connectivity index (χ0v) is 4.76. The lowest BCUT2D eigenvalue weighted by atomic mass is 10.3. The van der Waals surface area contributed by atoms with Crippen LogP contribution in [-0.4, -0.2) is 29.7 Å². The van der Waals surface area contributed by atoms with Gasteiger partial charge in [0.15, 0.2) is 0 Å². The monoisotopic (exact) mass is 123 g/mol. The predicted octanol–water partition coefficient (Wildman–Crippen LogP) is -0.505. The van der Waals surface area contributed by atoms with Crippen LogP contribution < -0.4 is 0 Å². The number of rotatable bonds is 0. The van der Waals surface area contributed by atoms with Gasteiger partial charge in [-0.05, 0) is 6.08 Å². The van der Waals surface area contributed by atoms with Crippen LogP contribution in [0.15, 0.2) is 11.6 Å². The lowest BCUT2D eigenvalue weighted by Gasteiger charge is -2.09. The fourth-order valence-electron chi connectivity index (χ4n) is 1.56. The molecular weight excluding hydrogens is 118 g/mol. The van der Waals surface area contributed by atoms with Crippen molar-refractivity contribution in [3.63, 3.8) is 0 Å². The van der Waals surface area contributed by atoms with Crippen molar-refractivity contribution in [3.05, 3.63) is 11.6 Å². The maximum atomic E-state index is 10.8. The van der Waals surface area contributed by atoms with Crippen LogP contribution in [0, 0.1) is 0 Å². The van der Waals surface area contributed by atoms with Crippen LogP contribution in [0.5, 0.6) is 0 Å². The summed E-state index contributed by atoms with van der Waals surface area (Å²) in [5.74, 6) is -0.108. The maximum Gasteiger partial charge on any atom is 0.337 e. The van der Waals surface area contributed by atoms with E-state index >= 15 is 0 Å². The predicted molar refractivity (Wildman–Crippen MR) is 28.5 cm³/mol. The Morgan fingerprint density at radius 3 is 3.11 bits per heavy atom. The summed E-state index contributed by atoms with van der Waals surface area (Å²) in [4.78, 5) is 12.9. The number of esters is 1. The van der Waals surface area contributed by atoms with E-state index in [9.17, 15) is 4.79 Å². The molecule has 2 unspecified atom stereocenters. The van der Waals surface area contributed by atoms with Crippen molar-refractivity contribution in [2.75, 3.05) is 13.1 Å². The van der Waals surface area contributed by atoms with E-state index in [0.717, 1.165) is 18.7 Å². The van der Waals surface area contributed by atoms with Gasteiger partial charge in [-0.15, -0.1) is 0 Å². The molecule has 0 aromatic carbocycles. The Hall–Kier alpha value is -0.830. The Labute approximate surface area is 51.9 Å². The van der Waals surface area contributed by atoms with Crippen molar-refractivity contribution >= 4 is 5.97 Å². The van der Waals surface area contributed by atoms with Crippen LogP contribution in [0.2, 0.25) is 0 Å². The van der Waals surface area contributed by atoms with Gasteiger partial charge in [0.1, 0.15) is 0 Å². The highest BCUT2D eigenvalue weighted by Gasteiger charge is 2.63. The number of hydrogen-bond donors (Lipinski definition) is 0. The molecule has 3 rings (SSSR count). The molecular formula is C6H5NO2. The van der Waals surface area contributed by atoms with Gasteiger partial charge in [0.05, 0.1) is 12.1 Å². The molecule has 0 amide bonds. The third kappa shape index (κ3) is 0.280. The van der Waals surface area contributed by atoms with Gasteiger partial charge >= 0.3 is 5.97 Å². The minimum atomic E-state index is -0.230. The summed E-state index contributed by atoms with van der Waals surface area (Å²) in [6.45, 7) is 1.74. The van der Waals surface area contributed by atoms with Crippen molar-refractivity contribution < 1.29 is 9.53 Å². The van der Waals surface area contributed by atoms with Gasteiger partial charge in [0.25, 0.3) is 0 Å². The van der Waals surface area contributed by atoms with Crippen molar-refractivity contribution in [1.82, 2.24) is 4.90 Å². The molecule has 46 valence electrons. The molecule has 1 spiro atoms. The summed E-state index contributed by atoms with van der Waals surface area (Å²) in [7, 11) is 0. The molecule has 9 heavy (non-hydrogen) atoms. The van der Waals surface area contributed by atoms with Crippen LogP contribution in [-0.2, 0) is 9.53 Å². The smallest absolute Gasteiger partial charge is 0.337 e. The van der Waals surface area contributed by atoms with E-state index in [1.807, 2.05) is 6.08 Å². The Bertz CT molecular complexity index is 245. The normalized spacial score (nSPS) is 50.4. The second-order valence-electron chi connectivity index (χ2n) is 2.76. The fourth-order valence-corrected chi connectivity index (χ4v) is 1.56. The number of carbonyl (C=O) groups excluding carboxylic acids is 1. The summed E-state index contributed by atoms with van der Waals surface area (Å²) in [5, 5.41) is 0. The Balaban J connectivity index is 2.19. The molecule has 2 atom stereocenters. The molecule has 3 heteroatoms. The number of ether oxygens (including phenoxy) is 1. The fraction of sp³-hybridized carbons (Fsp3) is 0.500. The van der Waals surface area contributed by atoms with Crippen LogP contribution in [0.1, 0.15) is 0 Å². The molecule has 3 aliphatic heterocycles. The summed E-state index contributed by atoms with van der Waals surface area (Å²) in [5.41, 5.74) is 0.619. The minimum absolute atomic E-state index is 0.108. The van der Waals surface area contributed by atoms with Crippen molar-refractivity contribution in [3.8, 4) is 0 Å². The highest BCUT2D eigenvalue weighted by molar-refractivity contribution is 5.94. The first-order valence-electron chi connectivity index (χ1n) is 3.00. The van der Waals surface area contributed by atoms with Gasteiger partial charge in [0.2, 0.25) is 5.72 Å². The first-order valence-corrected chi connectivity index (χ1v) is 3.00. The van der Waals surface area contributed by atoms with Crippen molar-refractivity contribution in [2.24, 2.45) is 0 Å². The van der Waals surface area contributed by atoms with Crippen LogP contribution in [0.25, 0.3) is 0 Å². The van der Waals surface area contributed by atoms with E-state index in [-0.39, 0.29) is 11.7 Å². The zero-order chi connectivity index (χ0) is 6.06. The van der Waals surface area contributed by atoms with Gasteiger partial charge in [-0.25, -0.2) is 4.79 Å². The van der Waals surface area contributed by atoms with E-state index in [0.29, 0.717) is 0 Å². The average Bonchev–Trinajstić information content (AvgIpc) is 2.23. The summed E-state index contributed by atoms with van der Waals surface area (Å²) in [6, 6.07) is 0. The number of nitrogens with zero attached hydrogens (tertiary/aromatic N) is 1. The van der Waals surface area contributed by atoms with Gasteiger partial charge in [-0.1, -0.05) is 0 Å². The van der Waals surface area contributed by atoms with E-state index in [4.69, 9.17) is 4.74 Å². The van der Waals surface area contributed by atoms with E-state index in [2.05, 4.69) is 4.90 Å². The van der Waals surface area contributed by atoms with Crippen LogP contribution in [0.4, 0.5) is 0 Å². The molecule has 2 bridgehead atoms. The number of hydrogen-bond acceptors (Lipinski definition) is 3. The standard InChI is InChI=1S/C6H5NO2/c8-5-4-1-6(9-5)3-7(6)2-4/h1H,2-3H2. The maximum absolute atomic E-state index is 10.8. The molecule has 0 aromatic heterocycles. The van der Waals surface area contributed by atoms with E-state index in [1.54, 1.807) is 0 Å². The van der Waals surface area contributed by atoms with Crippen molar-refractivity contribution in [2.45, 2.75) is 5.72 Å². The molecule has 0 aromatic rings. The highest BCUT2D eigenvalue weighted by atomic mass is 16.6. The SMILES string of the molecule is O=C1OC23C=C1CN2C3.